The fourth-order valence-electron chi connectivity index (χ4n) is 2.49. The van der Waals surface area contributed by atoms with Gasteiger partial charge in [-0.25, -0.2) is 4.68 Å². The molecule has 1 aromatic heterocycles. The van der Waals surface area contributed by atoms with Crippen molar-refractivity contribution in [1.82, 2.24) is 14.9 Å². The van der Waals surface area contributed by atoms with Crippen molar-refractivity contribution in [2.75, 3.05) is 5.84 Å². The average molecular weight is 359 g/mol. The summed E-state index contributed by atoms with van der Waals surface area (Å²) >= 11 is 7.51. The second-order valence-electron chi connectivity index (χ2n) is 5.83. The number of aryl methyl sites for hydroxylation is 3. The van der Waals surface area contributed by atoms with Crippen LogP contribution in [0, 0.1) is 20.8 Å². The van der Waals surface area contributed by atoms with Gasteiger partial charge < -0.3 is 5.84 Å². The summed E-state index contributed by atoms with van der Waals surface area (Å²) in [4.78, 5) is 0. The van der Waals surface area contributed by atoms with Gasteiger partial charge in [0.25, 0.3) is 0 Å². The predicted molar refractivity (Wildman–Crippen MR) is 101 cm³/mol. The van der Waals surface area contributed by atoms with Crippen molar-refractivity contribution in [2.45, 2.75) is 31.7 Å². The SMILES string of the molecule is Cc1cc(C)c(CSc2nnc(-c3ccc(Cl)cc3)n2N)cc1C. The van der Waals surface area contributed by atoms with Gasteiger partial charge in [-0.3, -0.25) is 0 Å². The van der Waals surface area contributed by atoms with Crippen molar-refractivity contribution in [3.05, 3.63) is 63.7 Å². The maximum atomic E-state index is 6.17. The molecular weight excluding hydrogens is 340 g/mol. The molecule has 0 spiro atoms. The first-order valence-corrected chi connectivity index (χ1v) is 8.98. The van der Waals surface area contributed by atoms with E-state index in [0.29, 0.717) is 16.0 Å². The largest absolute Gasteiger partial charge is 0.335 e. The molecule has 2 N–H and O–H groups in total. The van der Waals surface area contributed by atoms with E-state index in [-0.39, 0.29) is 0 Å². The summed E-state index contributed by atoms with van der Waals surface area (Å²) < 4.78 is 1.53. The first kappa shape index (κ1) is 16.9. The Hall–Kier alpha value is -1.98. The van der Waals surface area contributed by atoms with E-state index in [1.165, 1.54) is 26.9 Å². The van der Waals surface area contributed by atoms with Crippen LogP contribution in [0.1, 0.15) is 22.3 Å². The topological polar surface area (TPSA) is 56.7 Å². The van der Waals surface area contributed by atoms with Gasteiger partial charge in [0.05, 0.1) is 0 Å². The molecule has 1 heterocycles. The molecule has 24 heavy (non-hydrogen) atoms. The summed E-state index contributed by atoms with van der Waals surface area (Å²) in [6.07, 6.45) is 0. The van der Waals surface area contributed by atoms with Gasteiger partial charge in [-0.05, 0) is 67.3 Å². The number of halogens is 1. The van der Waals surface area contributed by atoms with Gasteiger partial charge in [-0.15, -0.1) is 10.2 Å². The average Bonchev–Trinajstić information content (AvgIpc) is 2.91. The van der Waals surface area contributed by atoms with Crippen molar-refractivity contribution in [2.24, 2.45) is 0 Å². The Balaban J connectivity index is 1.80. The van der Waals surface area contributed by atoms with Gasteiger partial charge in [0.15, 0.2) is 5.82 Å². The van der Waals surface area contributed by atoms with Crippen LogP contribution < -0.4 is 5.84 Å². The number of thioether (sulfide) groups is 1. The van der Waals surface area contributed by atoms with Crippen LogP contribution in [-0.2, 0) is 5.75 Å². The molecule has 0 aliphatic rings. The highest BCUT2D eigenvalue weighted by Crippen LogP contribution is 2.27. The molecule has 0 atom stereocenters. The first-order chi connectivity index (χ1) is 11.5. The fraction of sp³-hybridized carbons (Fsp3) is 0.222. The quantitative estimate of drug-likeness (QED) is 0.550. The van der Waals surface area contributed by atoms with Crippen molar-refractivity contribution < 1.29 is 0 Å². The van der Waals surface area contributed by atoms with Crippen molar-refractivity contribution in [3.8, 4) is 11.4 Å². The van der Waals surface area contributed by atoms with Gasteiger partial charge in [0.2, 0.25) is 5.16 Å². The number of benzene rings is 2. The third-order valence-electron chi connectivity index (χ3n) is 4.08. The minimum absolute atomic E-state index is 0.631. The second-order valence-corrected chi connectivity index (χ2v) is 7.21. The first-order valence-electron chi connectivity index (χ1n) is 7.61. The number of hydrogen-bond donors (Lipinski definition) is 1. The van der Waals surface area contributed by atoms with E-state index in [9.17, 15) is 0 Å². The van der Waals surface area contributed by atoms with Crippen LogP contribution in [0.4, 0.5) is 0 Å². The minimum Gasteiger partial charge on any atom is -0.335 e. The smallest absolute Gasteiger partial charge is 0.210 e. The number of aromatic nitrogens is 3. The van der Waals surface area contributed by atoms with Crippen molar-refractivity contribution in [3.63, 3.8) is 0 Å². The summed E-state index contributed by atoms with van der Waals surface area (Å²) in [5, 5.41) is 9.80. The number of nitrogens with two attached hydrogens (primary N) is 1. The lowest BCUT2D eigenvalue weighted by Crippen LogP contribution is -2.11. The molecular formula is C18H19ClN4S. The van der Waals surface area contributed by atoms with Gasteiger partial charge in [-0.2, -0.15) is 0 Å². The van der Waals surface area contributed by atoms with Crippen LogP contribution in [-0.4, -0.2) is 14.9 Å². The molecule has 0 bridgehead atoms. The summed E-state index contributed by atoms with van der Waals surface area (Å²) in [6.45, 7) is 6.40. The highest BCUT2D eigenvalue weighted by Gasteiger charge is 2.13. The van der Waals surface area contributed by atoms with Crippen LogP contribution in [0.15, 0.2) is 41.6 Å². The van der Waals surface area contributed by atoms with E-state index >= 15 is 0 Å². The Morgan fingerprint density at radius 1 is 1.00 bits per heavy atom. The zero-order valence-corrected chi connectivity index (χ0v) is 15.4. The van der Waals surface area contributed by atoms with E-state index in [2.05, 4.69) is 43.1 Å². The van der Waals surface area contributed by atoms with Crippen LogP contribution in [0.25, 0.3) is 11.4 Å². The fourth-order valence-corrected chi connectivity index (χ4v) is 3.54. The Morgan fingerprint density at radius 2 is 1.67 bits per heavy atom. The summed E-state index contributed by atoms with van der Waals surface area (Å²) in [5.74, 6) is 7.61. The van der Waals surface area contributed by atoms with Gasteiger partial charge in [-0.1, -0.05) is 35.5 Å². The third kappa shape index (κ3) is 3.42. The molecule has 0 aliphatic heterocycles. The van der Waals surface area contributed by atoms with Crippen molar-refractivity contribution in [1.29, 1.82) is 0 Å². The Labute approximate surface area is 151 Å². The van der Waals surface area contributed by atoms with Gasteiger partial charge in [0, 0.05) is 16.3 Å². The molecule has 3 aromatic rings. The zero-order chi connectivity index (χ0) is 17.3. The molecule has 0 saturated carbocycles. The molecule has 0 radical (unpaired) electrons. The van der Waals surface area contributed by atoms with Crippen LogP contribution in [0.3, 0.4) is 0 Å². The standard InChI is InChI=1S/C18H19ClN4S/c1-11-8-13(3)15(9-12(11)2)10-24-18-22-21-17(23(18)20)14-4-6-16(19)7-5-14/h4-9H,10,20H2,1-3H3. The number of nitrogen functional groups attached to an aromatic ring is 1. The van der Waals surface area contributed by atoms with Crippen molar-refractivity contribution >= 4 is 23.4 Å². The summed E-state index contributed by atoms with van der Waals surface area (Å²) in [5.41, 5.74) is 6.08. The molecule has 0 aliphatic carbocycles. The Bertz CT molecular complexity index is 871. The van der Waals surface area contributed by atoms with E-state index in [0.717, 1.165) is 11.3 Å². The highest BCUT2D eigenvalue weighted by atomic mass is 35.5. The molecule has 0 amide bonds. The normalized spacial score (nSPS) is 11.0. The predicted octanol–water partition coefficient (Wildman–Crippen LogP) is 4.53. The zero-order valence-electron chi connectivity index (χ0n) is 13.9. The number of hydrogen-bond acceptors (Lipinski definition) is 4. The molecule has 0 saturated heterocycles. The molecule has 2 aromatic carbocycles. The lowest BCUT2D eigenvalue weighted by atomic mass is 10.0. The van der Waals surface area contributed by atoms with E-state index in [4.69, 9.17) is 17.4 Å². The van der Waals surface area contributed by atoms with Crippen LogP contribution in [0.5, 0.6) is 0 Å². The molecule has 3 rings (SSSR count). The third-order valence-corrected chi connectivity index (χ3v) is 5.32. The molecule has 0 fully saturated rings. The molecule has 4 nitrogen and oxygen atoms in total. The van der Waals surface area contributed by atoms with Crippen LogP contribution >= 0.6 is 23.4 Å². The number of nitrogens with zero attached hydrogens (tertiary/aromatic N) is 3. The molecule has 124 valence electrons. The Morgan fingerprint density at radius 3 is 2.38 bits per heavy atom. The maximum absolute atomic E-state index is 6.17. The lowest BCUT2D eigenvalue weighted by Gasteiger charge is -2.09. The van der Waals surface area contributed by atoms with E-state index in [1.807, 2.05) is 24.3 Å². The summed E-state index contributed by atoms with van der Waals surface area (Å²) in [7, 11) is 0. The van der Waals surface area contributed by atoms with Crippen LogP contribution in [0.2, 0.25) is 5.02 Å². The number of rotatable bonds is 4. The summed E-state index contributed by atoms with van der Waals surface area (Å²) in [6, 6.07) is 11.9. The second kappa shape index (κ2) is 6.87. The molecule has 0 unspecified atom stereocenters. The van der Waals surface area contributed by atoms with E-state index < -0.39 is 0 Å². The highest BCUT2D eigenvalue weighted by molar-refractivity contribution is 7.98. The maximum Gasteiger partial charge on any atom is 0.210 e. The van der Waals surface area contributed by atoms with Gasteiger partial charge in [0.1, 0.15) is 0 Å². The minimum atomic E-state index is 0.631. The van der Waals surface area contributed by atoms with E-state index in [1.54, 1.807) is 11.8 Å². The van der Waals surface area contributed by atoms with Gasteiger partial charge >= 0.3 is 0 Å². The monoisotopic (exact) mass is 358 g/mol. The lowest BCUT2D eigenvalue weighted by molar-refractivity contribution is 0.849. The Kier molecular flexibility index (Phi) is 4.83. The molecule has 6 heteroatoms.